The summed E-state index contributed by atoms with van der Waals surface area (Å²) in [4.78, 5) is 46.3. The molecule has 3 N–H and O–H groups in total. The molecule has 0 spiro atoms. The summed E-state index contributed by atoms with van der Waals surface area (Å²) >= 11 is 0. The number of carboxylic acids is 1. The van der Waals surface area contributed by atoms with Crippen LogP contribution < -0.4 is 10.2 Å². The van der Waals surface area contributed by atoms with Gasteiger partial charge in [-0.3, -0.25) is 14.6 Å². The van der Waals surface area contributed by atoms with Gasteiger partial charge in [-0.05, 0) is 42.0 Å². The molecule has 45 heavy (non-hydrogen) atoms. The summed E-state index contributed by atoms with van der Waals surface area (Å²) in [5.74, 6) is -2.75. The van der Waals surface area contributed by atoms with Crippen LogP contribution in [0.3, 0.4) is 0 Å². The Morgan fingerprint density at radius 2 is 1.64 bits per heavy atom. The summed E-state index contributed by atoms with van der Waals surface area (Å²) in [6, 6.07) is 11.8. The van der Waals surface area contributed by atoms with Crippen LogP contribution in [-0.2, 0) is 20.7 Å². The number of H-pyrrole nitrogens is 1. The van der Waals surface area contributed by atoms with Crippen molar-refractivity contribution in [3.63, 3.8) is 0 Å². The number of halogens is 3. The lowest BCUT2D eigenvalue weighted by molar-refractivity contribution is -0.192. The largest absolute Gasteiger partial charge is 0.490 e. The second-order valence-corrected chi connectivity index (χ2v) is 10.5. The van der Waals surface area contributed by atoms with Crippen molar-refractivity contribution in [1.82, 2.24) is 20.2 Å². The standard InChI is InChI=1S/C29H31N5O4.C2HF3O2/c35-28-24-19-26(32-25(24)6-8-31-28)21-5-7-30-23(17-21)4-3-20-1-2-22(29(36)34-11-15-38-16-12-34)18-27(20)33-9-13-37-14-10-33;3-2(4,5)1(6)7/h1-5,7,17-19,32H,6,8-16H2,(H,31,35);(H,6,7)/b4-3+;. The van der Waals surface area contributed by atoms with E-state index in [0.29, 0.717) is 57.2 Å². The number of carbonyl (C=O) groups is 3. The van der Waals surface area contributed by atoms with E-state index in [-0.39, 0.29) is 11.8 Å². The van der Waals surface area contributed by atoms with Gasteiger partial charge in [-0.25, -0.2) is 4.79 Å². The first kappa shape index (κ1) is 31.7. The van der Waals surface area contributed by atoms with Crippen molar-refractivity contribution in [2.45, 2.75) is 12.6 Å². The first-order valence-corrected chi connectivity index (χ1v) is 14.4. The van der Waals surface area contributed by atoms with E-state index >= 15 is 0 Å². The van der Waals surface area contributed by atoms with Crippen LogP contribution in [0, 0.1) is 0 Å². The summed E-state index contributed by atoms with van der Waals surface area (Å²) < 4.78 is 42.7. The average molecular weight is 628 g/mol. The van der Waals surface area contributed by atoms with Crippen molar-refractivity contribution in [3.05, 3.63) is 70.7 Å². The molecule has 0 radical (unpaired) electrons. The van der Waals surface area contributed by atoms with E-state index in [4.69, 9.17) is 19.4 Å². The number of hydrogen-bond acceptors (Lipinski definition) is 7. The number of ether oxygens (including phenoxy) is 2. The van der Waals surface area contributed by atoms with Gasteiger partial charge in [0.15, 0.2) is 0 Å². The zero-order chi connectivity index (χ0) is 32.0. The van der Waals surface area contributed by atoms with Gasteiger partial charge >= 0.3 is 12.1 Å². The molecule has 0 unspecified atom stereocenters. The molecule has 2 fully saturated rings. The molecule has 3 aliphatic heterocycles. The number of fused-ring (bicyclic) bond motifs is 1. The number of morpholine rings is 2. The lowest BCUT2D eigenvalue weighted by Crippen LogP contribution is -2.41. The number of carbonyl (C=O) groups excluding carboxylic acids is 2. The molecule has 238 valence electrons. The van der Waals surface area contributed by atoms with Crippen LogP contribution in [-0.4, -0.2) is 103 Å². The summed E-state index contributed by atoms with van der Waals surface area (Å²) in [5.41, 5.74) is 7.09. The lowest BCUT2D eigenvalue weighted by Gasteiger charge is -2.31. The molecular weight excluding hydrogens is 595 g/mol. The highest BCUT2D eigenvalue weighted by molar-refractivity contribution is 5.98. The number of hydrogen-bond donors (Lipinski definition) is 3. The van der Waals surface area contributed by atoms with Crippen molar-refractivity contribution in [1.29, 1.82) is 0 Å². The summed E-state index contributed by atoms with van der Waals surface area (Å²) in [6.07, 6.45) is 1.53. The smallest absolute Gasteiger partial charge is 0.475 e. The second-order valence-electron chi connectivity index (χ2n) is 10.5. The van der Waals surface area contributed by atoms with Crippen molar-refractivity contribution >= 4 is 35.6 Å². The summed E-state index contributed by atoms with van der Waals surface area (Å²) in [5, 5.41) is 10.0. The molecule has 2 aromatic heterocycles. The van der Waals surface area contributed by atoms with Crippen molar-refractivity contribution in [3.8, 4) is 11.3 Å². The van der Waals surface area contributed by atoms with Gasteiger partial charge in [0.2, 0.25) is 0 Å². The van der Waals surface area contributed by atoms with Gasteiger partial charge in [-0.2, -0.15) is 13.2 Å². The fourth-order valence-electron chi connectivity index (χ4n) is 5.18. The Morgan fingerprint density at radius 1 is 0.956 bits per heavy atom. The number of rotatable bonds is 5. The van der Waals surface area contributed by atoms with Gasteiger partial charge in [0.25, 0.3) is 11.8 Å². The van der Waals surface area contributed by atoms with Gasteiger partial charge in [0.1, 0.15) is 0 Å². The maximum absolute atomic E-state index is 13.2. The number of benzene rings is 1. The van der Waals surface area contributed by atoms with E-state index in [1.807, 2.05) is 53.5 Å². The summed E-state index contributed by atoms with van der Waals surface area (Å²) in [7, 11) is 0. The number of aromatic amines is 1. The van der Waals surface area contributed by atoms with E-state index in [9.17, 15) is 22.8 Å². The molecule has 0 atom stereocenters. The normalized spacial score (nSPS) is 16.9. The highest BCUT2D eigenvalue weighted by Gasteiger charge is 2.38. The van der Waals surface area contributed by atoms with Crippen molar-refractivity contribution in [2.24, 2.45) is 0 Å². The van der Waals surface area contributed by atoms with Crippen LogP contribution in [0.1, 0.15) is 37.7 Å². The Bertz CT molecular complexity index is 1580. The number of aliphatic carboxylic acids is 1. The Morgan fingerprint density at radius 3 is 2.31 bits per heavy atom. The molecule has 0 bridgehead atoms. The van der Waals surface area contributed by atoms with Crippen LogP contribution in [0.4, 0.5) is 18.9 Å². The molecule has 0 saturated carbocycles. The third-order valence-electron chi connectivity index (χ3n) is 7.50. The molecular formula is C31H32F3N5O6. The molecule has 14 heteroatoms. The lowest BCUT2D eigenvalue weighted by atomic mass is 10.0. The molecule has 3 aliphatic rings. The first-order valence-electron chi connectivity index (χ1n) is 14.4. The first-order chi connectivity index (χ1) is 21.6. The van der Waals surface area contributed by atoms with E-state index in [0.717, 1.165) is 53.4 Å². The van der Waals surface area contributed by atoms with Crippen LogP contribution in [0.2, 0.25) is 0 Å². The minimum Gasteiger partial charge on any atom is -0.475 e. The average Bonchev–Trinajstić information content (AvgIpc) is 3.50. The van der Waals surface area contributed by atoms with Crippen molar-refractivity contribution in [2.75, 3.05) is 64.1 Å². The second kappa shape index (κ2) is 13.9. The SMILES string of the molecule is O=C(O)C(F)(F)F.O=C1NCCc2[nH]c(-c3ccnc(/C=C/c4ccc(C(=O)N5CCOCC5)cc4N4CCOCC4)c3)cc21. The van der Waals surface area contributed by atoms with Crippen LogP contribution in [0.15, 0.2) is 42.6 Å². The van der Waals surface area contributed by atoms with Gasteiger partial charge in [0, 0.05) is 73.5 Å². The van der Waals surface area contributed by atoms with E-state index in [1.165, 1.54) is 0 Å². The van der Waals surface area contributed by atoms with Gasteiger partial charge in [0.05, 0.1) is 37.7 Å². The van der Waals surface area contributed by atoms with Gasteiger partial charge in [-0.15, -0.1) is 0 Å². The maximum Gasteiger partial charge on any atom is 0.490 e. The Kier molecular flexibility index (Phi) is 9.83. The van der Waals surface area contributed by atoms with Crippen LogP contribution >= 0.6 is 0 Å². The van der Waals surface area contributed by atoms with E-state index < -0.39 is 12.1 Å². The zero-order valence-electron chi connectivity index (χ0n) is 24.2. The Labute approximate surface area is 256 Å². The van der Waals surface area contributed by atoms with Gasteiger partial charge < -0.3 is 34.7 Å². The van der Waals surface area contributed by atoms with E-state index in [1.54, 1.807) is 6.20 Å². The molecule has 0 aliphatic carbocycles. The number of nitrogens with zero attached hydrogens (tertiary/aromatic N) is 3. The van der Waals surface area contributed by atoms with Crippen LogP contribution in [0.5, 0.6) is 0 Å². The maximum atomic E-state index is 13.2. The molecule has 11 nitrogen and oxygen atoms in total. The highest BCUT2D eigenvalue weighted by atomic mass is 19.4. The molecule has 3 aromatic rings. The van der Waals surface area contributed by atoms with Crippen molar-refractivity contribution < 1.29 is 42.1 Å². The molecule has 6 rings (SSSR count). The number of carboxylic acid groups (broad SMARTS) is 1. The van der Waals surface area contributed by atoms with Crippen LogP contribution in [0.25, 0.3) is 23.4 Å². The van der Waals surface area contributed by atoms with E-state index in [2.05, 4.69) is 20.2 Å². The third kappa shape index (κ3) is 7.88. The highest BCUT2D eigenvalue weighted by Crippen LogP contribution is 2.28. The predicted octanol–water partition coefficient (Wildman–Crippen LogP) is 3.48. The number of anilines is 1. The Hall–Kier alpha value is -4.69. The third-order valence-corrected chi connectivity index (χ3v) is 7.50. The predicted molar refractivity (Wildman–Crippen MR) is 159 cm³/mol. The number of aromatic nitrogens is 2. The monoisotopic (exact) mass is 627 g/mol. The molecule has 1 aromatic carbocycles. The fraction of sp³-hybridized carbons (Fsp3) is 0.355. The van der Waals surface area contributed by atoms with Gasteiger partial charge in [-0.1, -0.05) is 12.1 Å². The molecule has 2 amide bonds. The fourth-order valence-corrected chi connectivity index (χ4v) is 5.18. The zero-order valence-corrected chi connectivity index (χ0v) is 24.2. The molecule has 2 saturated heterocycles. The topological polar surface area (TPSA) is 137 Å². The quantitative estimate of drug-likeness (QED) is 0.391. The molecule has 5 heterocycles. The minimum atomic E-state index is -5.08. The Balaban J connectivity index is 0.000000515. The number of nitrogens with one attached hydrogen (secondary N) is 2. The number of pyridine rings is 1. The number of amides is 2. The number of alkyl halides is 3. The minimum absolute atomic E-state index is 0.0332. The summed E-state index contributed by atoms with van der Waals surface area (Å²) in [6.45, 7) is 5.90.